The Morgan fingerprint density at radius 3 is 2.74 bits per heavy atom. The Hall–Kier alpha value is -3.02. The van der Waals surface area contributed by atoms with E-state index >= 15 is 0 Å². The van der Waals surface area contributed by atoms with E-state index in [-0.39, 0.29) is 18.7 Å². The van der Waals surface area contributed by atoms with E-state index in [0.717, 1.165) is 5.56 Å². The molecule has 0 saturated heterocycles. The fraction of sp³-hybridized carbons (Fsp3) is 0.176. The van der Waals surface area contributed by atoms with Crippen LogP contribution >= 0.6 is 0 Å². The summed E-state index contributed by atoms with van der Waals surface area (Å²) in [5, 5.41) is 2.64. The quantitative estimate of drug-likeness (QED) is 0.698. The number of aliphatic imine (C=N–C) groups is 1. The minimum Gasteiger partial charge on any atom is -0.468 e. The van der Waals surface area contributed by atoms with Crippen molar-refractivity contribution in [3.05, 3.63) is 59.7 Å². The highest BCUT2D eigenvalue weighted by Crippen LogP contribution is 2.32. The lowest BCUT2D eigenvalue weighted by molar-refractivity contribution is 0.0968. The zero-order valence-corrected chi connectivity index (χ0v) is 12.6. The van der Waals surface area contributed by atoms with Crippen LogP contribution in [0.3, 0.4) is 0 Å². The molecule has 1 N–H and O–H groups in total. The lowest BCUT2D eigenvalue weighted by atomic mass is 10.2. The van der Waals surface area contributed by atoms with E-state index in [1.807, 2.05) is 30.3 Å². The SMILES string of the molecule is COC(=NCc1ccccc1)NC(=O)c1ccc2c(c1)OCO2. The normalized spacial score (nSPS) is 12.8. The summed E-state index contributed by atoms with van der Waals surface area (Å²) in [7, 11) is 1.46. The Balaban J connectivity index is 1.67. The summed E-state index contributed by atoms with van der Waals surface area (Å²) in [5.41, 5.74) is 1.47. The van der Waals surface area contributed by atoms with Gasteiger partial charge in [0.2, 0.25) is 6.79 Å². The van der Waals surface area contributed by atoms with Crippen LogP contribution in [0.2, 0.25) is 0 Å². The number of nitrogens with zero attached hydrogens (tertiary/aromatic N) is 1. The van der Waals surface area contributed by atoms with Crippen LogP contribution in [0, 0.1) is 0 Å². The van der Waals surface area contributed by atoms with Gasteiger partial charge in [0.05, 0.1) is 13.7 Å². The molecule has 6 nitrogen and oxygen atoms in total. The number of benzene rings is 2. The Morgan fingerprint density at radius 1 is 1.17 bits per heavy atom. The van der Waals surface area contributed by atoms with Crippen LogP contribution < -0.4 is 14.8 Å². The third-order valence-corrected chi connectivity index (χ3v) is 3.30. The van der Waals surface area contributed by atoms with E-state index in [0.29, 0.717) is 23.6 Å². The van der Waals surface area contributed by atoms with Gasteiger partial charge in [-0.05, 0) is 23.8 Å². The van der Waals surface area contributed by atoms with E-state index in [9.17, 15) is 4.79 Å². The van der Waals surface area contributed by atoms with Gasteiger partial charge in [-0.3, -0.25) is 10.1 Å². The van der Waals surface area contributed by atoms with Crippen LogP contribution in [0.1, 0.15) is 15.9 Å². The molecule has 0 bridgehead atoms. The number of rotatable bonds is 3. The molecule has 0 radical (unpaired) electrons. The van der Waals surface area contributed by atoms with Crippen LogP contribution in [0.5, 0.6) is 11.5 Å². The predicted octanol–water partition coefficient (Wildman–Crippen LogP) is 2.35. The smallest absolute Gasteiger partial charge is 0.291 e. The second-order valence-corrected chi connectivity index (χ2v) is 4.83. The molecule has 0 unspecified atom stereocenters. The number of methoxy groups -OCH3 is 1. The first kappa shape index (κ1) is 14.9. The van der Waals surface area contributed by atoms with Gasteiger partial charge in [0.15, 0.2) is 11.5 Å². The Kier molecular flexibility index (Phi) is 4.42. The molecule has 6 heteroatoms. The minimum absolute atomic E-state index is 0.163. The molecular formula is C17H16N2O4. The average molecular weight is 312 g/mol. The van der Waals surface area contributed by atoms with Gasteiger partial charge in [-0.1, -0.05) is 30.3 Å². The molecule has 23 heavy (non-hydrogen) atoms. The Labute approximate surface area is 133 Å². The van der Waals surface area contributed by atoms with Crippen LogP contribution in [-0.2, 0) is 11.3 Å². The van der Waals surface area contributed by atoms with Gasteiger partial charge in [0.1, 0.15) is 0 Å². The number of amidine groups is 1. The molecule has 0 atom stereocenters. The summed E-state index contributed by atoms with van der Waals surface area (Å²) in [4.78, 5) is 16.5. The van der Waals surface area contributed by atoms with Crippen molar-refractivity contribution in [2.75, 3.05) is 13.9 Å². The first-order valence-corrected chi connectivity index (χ1v) is 7.09. The van der Waals surface area contributed by atoms with Crippen molar-refractivity contribution in [2.24, 2.45) is 4.99 Å². The summed E-state index contributed by atoms with van der Waals surface area (Å²) < 4.78 is 15.6. The zero-order valence-electron chi connectivity index (χ0n) is 12.6. The number of carbonyl (C=O) groups is 1. The molecule has 0 fully saturated rings. The van der Waals surface area contributed by atoms with Gasteiger partial charge in [-0.25, -0.2) is 4.99 Å². The van der Waals surface area contributed by atoms with Crippen molar-refractivity contribution in [2.45, 2.75) is 6.54 Å². The van der Waals surface area contributed by atoms with Crippen molar-refractivity contribution in [1.82, 2.24) is 5.32 Å². The molecule has 1 heterocycles. The van der Waals surface area contributed by atoms with Crippen molar-refractivity contribution in [3.63, 3.8) is 0 Å². The lowest BCUT2D eigenvalue weighted by Crippen LogP contribution is -2.31. The maximum absolute atomic E-state index is 12.3. The highest BCUT2D eigenvalue weighted by atomic mass is 16.7. The molecule has 0 aromatic heterocycles. The van der Waals surface area contributed by atoms with Gasteiger partial charge in [0.25, 0.3) is 11.9 Å². The molecular weight excluding hydrogens is 296 g/mol. The van der Waals surface area contributed by atoms with Crippen molar-refractivity contribution >= 4 is 11.9 Å². The van der Waals surface area contributed by atoms with Crippen LogP contribution in [0.25, 0.3) is 0 Å². The topological polar surface area (TPSA) is 69.2 Å². The first-order valence-electron chi connectivity index (χ1n) is 7.09. The molecule has 1 aliphatic rings. The molecule has 0 spiro atoms. The monoisotopic (exact) mass is 312 g/mol. The molecule has 0 saturated carbocycles. The summed E-state index contributed by atoms with van der Waals surface area (Å²) in [6.07, 6.45) is 0. The Morgan fingerprint density at radius 2 is 1.96 bits per heavy atom. The fourth-order valence-corrected chi connectivity index (χ4v) is 2.11. The summed E-state index contributed by atoms with van der Waals surface area (Å²) in [5.74, 6) is 0.862. The number of hydrogen-bond acceptors (Lipinski definition) is 5. The average Bonchev–Trinajstić information content (AvgIpc) is 3.07. The highest BCUT2D eigenvalue weighted by Gasteiger charge is 2.17. The van der Waals surface area contributed by atoms with E-state index in [1.165, 1.54) is 7.11 Å². The zero-order chi connectivity index (χ0) is 16.1. The van der Waals surface area contributed by atoms with Crippen molar-refractivity contribution in [3.8, 4) is 11.5 Å². The number of amides is 1. The number of ether oxygens (including phenoxy) is 3. The van der Waals surface area contributed by atoms with Crippen LogP contribution in [0.15, 0.2) is 53.5 Å². The molecule has 2 aromatic rings. The molecule has 3 rings (SSSR count). The maximum atomic E-state index is 12.3. The van der Waals surface area contributed by atoms with Gasteiger partial charge in [-0.2, -0.15) is 0 Å². The van der Waals surface area contributed by atoms with E-state index in [2.05, 4.69) is 10.3 Å². The molecule has 2 aromatic carbocycles. The maximum Gasteiger partial charge on any atom is 0.291 e. The first-order chi connectivity index (χ1) is 11.3. The predicted molar refractivity (Wildman–Crippen MR) is 84.6 cm³/mol. The second kappa shape index (κ2) is 6.83. The van der Waals surface area contributed by atoms with E-state index < -0.39 is 0 Å². The Bertz CT molecular complexity index is 729. The van der Waals surface area contributed by atoms with Gasteiger partial charge in [0, 0.05) is 5.56 Å². The van der Waals surface area contributed by atoms with Gasteiger partial charge in [-0.15, -0.1) is 0 Å². The molecule has 0 aliphatic carbocycles. The van der Waals surface area contributed by atoms with Crippen molar-refractivity contribution < 1.29 is 19.0 Å². The second-order valence-electron chi connectivity index (χ2n) is 4.83. The largest absolute Gasteiger partial charge is 0.468 e. The third-order valence-electron chi connectivity index (χ3n) is 3.30. The minimum atomic E-state index is -0.322. The summed E-state index contributed by atoms with van der Waals surface area (Å²) in [6, 6.07) is 14.9. The van der Waals surface area contributed by atoms with E-state index in [1.54, 1.807) is 18.2 Å². The number of fused-ring (bicyclic) bond motifs is 1. The summed E-state index contributed by atoms with van der Waals surface area (Å²) in [6.45, 7) is 0.591. The summed E-state index contributed by atoms with van der Waals surface area (Å²) >= 11 is 0. The van der Waals surface area contributed by atoms with Crippen LogP contribution in [0.4, 0.5) is 0 Å². The molecule has 1 amide bonds. The molecule has 1 aliphatic heterocycles. The lowest BCUT2D eigenvalue weighted by Gasteiger charge is -2.08. The molecule has 118 valence electrons. The third kappa shape index (κ3) is 3.60. The van der Waals surface area contributed by atoms with Gasteiger partial charge < -0.3 is 14.2 Å². The van der Waals surface area contributed by atoms with Crippen LogP contribution in [-0.4, -0.2) is 25.8 Å². The number of nitrogens with one attached hydrogen (secondary N) is 1. The van der Waals surface area contributed by atoms with Crippen molar-refractivity contribution in [1.29, 1.82) is 0 Å². The van der Waals surface area contributed by atoms with Gasteiger partial charge >= 0.3 is 0 Å². The van der Waals surface area contributed by atoms with E-state index in [4.69, 9.17) is 14.2 Å². The standard InChI is InChI=1S/C17H16N2O4/c1-21-17(18-10-12-5-3-2-4-6-12)19-16(20)13-7-8-14-15(9-13)23-11-22-14/h2-9H,10-11H2,1H3,(H,18,19,20). The fourth-order valence-electron chi connectivity index (χ4n) is 2.11. The highest BCUT2D eigenvalue weighted by molar-refractivity contribution is 6.04. The number of carbonyl (C=O) groups excluding carboxylic acids is 1. The number of hydrogen-bond donors (Lipinski definition) is 1.